The van der Waals surface area contributed by atoms with Gasteiger partial charge in [0.1, 0.15) is 0 Å². The number of aromatic amines is 1. The van der Waals surface area contributed by atoms with Gasteiger partial charge in [-0.05, 0) is 18.3 Å². The molecule has 2 aliphatic rings. The van der Waals surface area contributed by atoms with Gasteiger partial charge in [0.15, 0.2) is 0 Å². The summed E-state index contributed by atoms with van der Waals surface area (Å²) in [6.07, 6.45) is 3.11. The SMILES string of the molecule is O=c1cc(N2CC3CC3C2)cn[nH]1. The molecule has 1 saturated heterocycles. The van der Waals surface area contributed by atoms with Crippen LogP contribution in [0.1, 0.15) is 6.42 Å². The molecule has 2 unspecified atom stereocenters. The van der Waals surface area contributed by atoms with Crippen LogP contribution in [0.4, 0.5) is 5.69 Å². The monoisotopic (exact) mass is 177 g/mol. The van der Waals surface area contributed by atoms with Gasteiger partial charge in [-0.1, -0.05) is 0 Å². The minimum Gasteiger partial charge on any atom is -0.369 e. The number of hydrogen-bond acceptors (Lipinski definition) is 3. The fourth-order valence-electron chi connectivity index (χ4n) is 2.15. The van der Waals surface area contributed by atoms with Crippen molar-refractivity contribution in [2.45, 2.75) is 6.42 Å². The van der Waals surface area contributed by atoms with Crippen molar-refractivity contribution in [1.29, 1.82) is 0 Å². The first-order chi connectivity index (χ1) is 6.33. The molecule has 0 radical (unpaired) electrons. The topological polar surface area (TPSA) is 49.0 Å². The fourth-order valence-corrected chi connectivity index (χ4v) is 2.15. The smallest absolute Gasteiger partial charge is 0.266 e. The zero-order chi connectivity index (χ0) is 8.84. The highest BCUT2D eigenvalue weighted by molar-refractivity contribution is 5.45. The fraction of sp³-hybridized carbons (Fsp3) is 0.556. The molecule has 1 aliphatic heterocycles. The van der Waals surface area contributed by atoms with E-state index in [9.17, 15) is 4.79 Å². The Kier molecular flexibility index (Phi) is 1.28. The molecule has 3 rings (SSSR count). The zero-order valence-corrected chi connectivity index (χ0v) is 7.23. The molecule has 1 saturated carbocycles. The van der Waals surface area contributed by atoms with Crippen molar-refractivity contribution < 1.29 is 0 Å². The molecule has 1 aliphatic carbocycles. The van der Waals surface area contributed by atoms with Gasteiger partial charge < -0.3 is 4.90 Å². The van der Waals surface area contributed by atoms with E-state index < -0.39 is 0 Å². The minimum absolute atomic E-state index is 0.113. The highest BCUT2D eigenvalue weighted by Crippen LogP contribution is 2.45. The summed E-state index contributed by atoms with van der Waals surface area (Å²) >= 11 is 0. The van der Waals surface area contributed by atoms with Crippen molar-refractivity contribution in [2.75, 3.05) is 18.0 Å². The van der Waals surface area contributed by atoms with Crippen LogP contribution in [0.25, 0.3) is 0 Å². The normalized spacial score (nSPS) is 30.3. The first-order valence-electron chi connectivity index (χ1n) is 4.62. The minimum atomic E-state index is -0.113. The number of piperidine rings is 1. The van der Waals surface area contributed by atoms with Gasteiger partial charge in [-0.15, -0.1) is 0 Å². The Morgan fingerprint density at radius 3 is 2.92 bits per heavy atom. The van der Waals surface area contributed by atoms with E-state index in [2.05, 4.69) is 15.1 Å². The Bertz CT molecular complexity index is 376. The van der Waals surface area contributed by atoms with Gasteiger partial charge in [0.05, 0.1) is 11.9 Å². The summed E-state index contributed by atoms with van der Waals surface area (Å²) in [7, 11) is 0. The van der Waals surface area contributed by atoms with Crippen LogP contribution in [0, 0.1) is 11.8 Å². The number of hydrogen-bond donors (Lipinski definition) is 1. The van der Waals surface area contributed by atoms with Crippen molar-refractivity contribution in [2.24, 2.45) is 11.8 Å². The predicted molar refractivity (Wildman–Crippen MR) is 48.7 cm³/mol. The molecule has 0 amide bonds. The van der Waals surface area contributed by atoms with Gasteiger partial charge in [-0.3, -0.25) is 4.79 Å². The lowest BCUT2D eigenvalue weighted by Crippen LogP contribution is -2.23. The predicted octanol–water partition coefficient (Wildman–Crippen LogP) is 0.226. The maximum Gasteiger partial charge on any atom is 0.266 e. The molecular weight excluding hydrogens is 166 g/mol. The van der Waals surface area contributed by atoms with Crippen LogP contribution in [-0.4, -0.2) is 23.3 Å². The van der Waals surface area contributed by atoms with Gasteiger partial charge >= 0.3 is 0 Å². The van der Waals surface area contributed by atoms with Gasteiger partial charge in [0.2, 0.25) is 0 Å². The first-order valence-corrected chi connectivity index (χ1v) is 4.62. The molecule has 4 nitrogen and oxygen atoms in total. The number of nitrogens with one attached hydrogen (secondary N) is 1. The average Bonchev–Trinajstić information content (AvgIpc) is 2.74. The molecule has 1 N–H and O–H groups in total. The number of fused-ring (bicyclic) bond motifs is 1. The third-order valence-corrected chi connectivity index (χ3v) is 2.99. The van der Waals surface area contributed by atoms with Gasteiger partial charge in [-0.2, -0.15) is 5.10 Å². The second kappa shape index (κ2) is 2.34. The van der Waals surface area contributed by atoms with Gasteiger partial charge in [0, 0.05) is 19.2 Å². The van der Waals surface area contributed by atoms with E-state index in [1.165, 1.54) is 6.42 Å². The van der Waals surface area contributed by atoms with E-state index >= 15 is 0 Å². The molecule has 2 atom stereocenters. The van der Waals surface area contributed by atoms with E-state index in [1.54, 1.807) is 12.3 Å². The van der Waals surface area contributed by atoms with Crippen LogP contribution in [0.3, 0.4) is 0 Å². The van der Waals surface area contributed by atoms with Crippen molar-refractivity contribution in [1.82, 2.24) is 10.2 Å². The maximum absolute atomic E-state index is 11.0. The second-order valence-corrected chi connectivity index (χ2v) is 3.96. The molecule has 13 heavy (non-hydrogen) atoms. The Morgan fingerprint density at radius 2 is 2.23 bits per heavy atom. The molecular formula is C9H11N3O. The second-order valence-electron chi connectivity index (χ2n) is 3.96. The van der Waals surface area contributed by atoms with Crippen LogP contribution in [0.2, 0.25) is 0 Å². The van der Waals surface area contributed by atoms with Crippen LogP contribution in [0.5, 0.6) is 0 Å². The molecule has 2 fully saturated rings. The van der Waals surface area contributed by atoms with Crippen molar-refractivity contribution in [3.05, 3.63) is 22.6 Å². The summed E-state index contributed by atoms with van der Waals surface area (Å²) in [5.74, 6) is 1.78. The molecule has 1 aromatic heterocycles. The average molecular weight is 177 g/mol. The number of aromatic nitrogens is 2. The number of nitrogens with zero attached hydrogens (tertiary/aromatic N) is 2. The molecule has 1 aromatic rings. The van der Waals surface area contributed by atoms with Crippen LogP contribution in [0.15, 0.2) is 17.1 Å². The van der Waals surface area contributed by atoms with Gasteiger partial charge in [0.25, 0.3) is 5.56 Å². The summed E-state index contributed by atoms with van der Waals surface area (Å²) in [6.45, 7) is 2.21. The quantitative estimate of drug-likeness (QED) is 0.667. The summed E-state index contributed by atoms with van der Waals surface area (Å²) in [6, 6.07) is 1.62. The highest BCUT2D eigenvalue weighted by atomic mass is 16.1. The highest BCUT2D eigenvalue weighted by Gasteiger charge is 2.45. The summed E-state index contributed by atoms with van der Waals surface area (Å²) in [5.41, 5.74) is 0.856. The van der Waals surface area contributed by atoms with Crippen LogP contribution in [-0.2, 0) is 0 Å². The van der Waals surface area contributed by atoms with Crippen molar-refractivity contribution >= 4 is 5.69 Å². The lowest BCUT2D eigenvalue weighted by molar-refractivity contribution is 0.810. The van der Waals surface area contributed by atoms with E-state index in [0.717, 1.165) is 30.6 Å². The molecule has 0 spiro atoms. The van der Waals surface area contributed by atoms with E-state index in [1.807, 2.05) is 0 Å². The third-order valence-electron chi connectivity index (χ3n) is 2.99. The molecule has 68 valence electrons. The molecule has 0 bridgehead atoms. The number of rotatable bonds is 1. The molecule has 2 heterocycles. The number of H-pyrrole nitrogens is 1. The van der Waals surface area contributed by atoms with E-state index in [-0.39, 0.29) is 5.56 Å². The first kappa shape index (κ1) is 7.12. The Morgan fingerprint density at radius 1 is 1.46 bits per heavy atom. The largest absolute Gasteiger partial charge is 0.369 e. The summed E-state index contributed by atoms with van der Waals surface area (Å²) in [5, 5.41) is 6.17. The molecule has 0 aromatic carbocycles. The van der Waals surface area contributed by atoms with E-state index in [0.29, 0.717) is 0 Å². The molecule has 4 heteroatoms. The Labute approximate surface area is 75.6 Å². The third kappa shape index (κ3) is 1.13. The van der Waals surface area contributed by atoms with Crippen molar-refractivity contribution in [3.8, 4) is 0 Å². The van der Waals surface area contributed by atoms with Gasteiger partial charge in [-0.25, -0.2) is 5.10 Å². The Hall–Kier alpha value is -1.32. The van der Waals surface area contributed by atoms with E-state index in [4.69, 9.17) is 0 Å². The summed E-state index contributed by atoms with van der Waals surface area (Å²) in [4.78, 5) is 13.2. The Balaban J connectivity index is 1.88. The van der Waals surface area contributed by atoms with Crippen LogP contribution >= 0.6 is 0 Å². The standard InChI is InChI=1S/C9H11N3O/c13-9-2-8(3-10-11-9)12-4-6-1-7(6)5-12/h2-3,6-7H,1,4-5H2,(H,11,13). The maximum atomic E-state index is 11.0. The van der Waals surface area contributed by atoms with Crippen molar-refractivity contribution in [3.63, 3.8) is 0 Å². The zero-order valence-electron chi connectivity index (χ0n) is 7.23. The van der Waals surface area contributed by atoms with Crippen LogP contribution < -0.4 is 10.5 Å². The summed E-state index contributed by atoms with van der Waals surface area (Å²) < 4.78 is 0. The lowest BCUT2D eigenvalue weighted by Gasteiger charge is -2.18. The number of anilines is 1. The lowest BCUT2D eigenvalue weighted by atomic mass is 10.4.